The SMILES string of the molecule is CNC(C)(CO)CC(C)Sc1ccc2c(c1)CCC2. The van der Waals surface area contributed by atoms with Gasteiger partial charge in [-0.3, -0.25) is 0 Å². The van der Waals surface area contributed by atoms with Crippen molar-refractivity contribution in [1.82, 2.24) is 5.32 Å². The number of aliphatic hydroxyl groups excluding tert-OH is 1. The van der Waals surface area contributed by atoms with Crippen LogP contribution in [0.1, 0.15) is 37.8 Å². The number of hydrogen-bond acceptors (Lipinski definition) is 3. The molecule has 0 saturated carbocycles. The highest BCUT2D eigenvalue weighted by Crippen LogP contribution is 2.32. The number of thioether (sulfide) groups is 1. The Morgan fingerprint density at radius 2 is 2.11 bits per heavy atom. The van der Waals surface area contributed by atoms with Gasteiger partial charge in [-0.1, -0.05) is 13.0 Å². The van der Waals surface area contributed by atoms with Crippen LogP contribution in [0.4, 0.5) is 0 Å². The highest BCUT2D eigenvalue weighted by molar-refractivity contribution is 7.99. The van der Waals surface area contributed by atoms with Gasteiger partial charge in [-0.2, -0.15) is 0 Å². The Kier molecular flexibility index (Phi) is 4.93. The molecular formula is C16H25NOS. The van der Waals surface area contributed by atoms with E-state index in [0.29, 0.717) is 5.25 Å². The van der Waals surface area contributed by atoms with Gasteiger partial charge in [-0.15, -0.1) is 11.8 Å². The Hall–Kier alpha value is -0.510. The number of benzene rings is 1. The Balaban J connectivity index is 1.97. The summed E-state index contributed by atoms with van der Waals surface area (Å²) in [5, 5.41) is 13.2. The highest BCUT2D eigenvalue weighted by Gasteiger charge is 2.24. The minimum Gasteiger partial charge on any atom is -0.394 e. The van der Waals surface area contributed by atoms with Crippen molar-refractivity contribution >= 4 is 11.8 Å². The smallest absolute Gasteiger partial charge is 0.0610 e. The van der Waals surface area contributed by atoms with Gasteiger partial charge in [0.25, 0.3) is 0 Å². The molecule has 1 aliphatic rings. The van der Waals surface area contributed by atoms with Crippen molar-refractivity contribution in [2.75, 3.05) is 13.7 Å². The second kappa shape index (κ2) is 6.29. The molecule has 1 aromatic carbocycles. The maximum atomic E-state index is 9.46. The predicted octanol–water partition coefficient (Wildman–Crippen LogP) is 3.02. The first-order chi connectivity index (χ1) is 9.06. The Labute approximate surface area is 121 Å². The predicted molar refractivity (Wildman–Crippen MR) is 83.0 cm³/mol. The Morgan fingerprint density at radius 1 is 1.37 bits per heavy atom. The van der Waals surface area contributed by atoms with Gasteiger partial charge in [0.2, 0.25) is 0 Å². The monoisotopic (exact) mass is 279 g/mol. The quantitative estimate of drug-likeness (QED) is 0.785. The zero-order chi connectivity index (χ0) is 13.9. The molecule has 0 heterocycles. The number of nitrogens with one attached hydrogen (secondary N) is 1. The summed E-state index contributed by atoms with van der Waals surface area (Å²) >= 11 is 1.92. The summed E-state index contributed by atoms with van der Waals surface area (Å²) in [6.07, 6.45) is 4.75. The molecule has 0 fully saturated rings. The maximum absolute atomic E-state index is 9.46. The van der Waals surface area contributed by atoms with Gasteiger partial charge in [0.15, 0.2) is 0 Å². The first kappa shape index (κ1) is 14.9. The van der Waals surface area contributed by atoms with E-state index < -0.39 is 0 Å². The van der Waals surface area contributed by atoms with Crippen molar-refractivity contribution in [2.24, 2.45) is 0 Å². The minimum absolute atomic E-state index is 0.177. The molecule has 0 spiro atoms. The van der Waals surface area contributed by atoms with Crippen LogP contribution in [0, 0.1) is 0 Å². The lowest BCUT2D eigenvalue weighted by Crippen LogP contribution is -2.45. The molecule has 0 bridgehead atoms. The zero-order valence-corrected chi connectivity index (χ0v) is 13.0. The molecule has 2 nitrogen and oxygen atoms in total. The van der Waals surface area contributed by atoms with Crippen LogP contribution >= 0.6 is 11.8 Å². The van der Waals surface area contributed by atoms with Crippen LogP contribution in [0.5, 0.6) is 0 Å². The number of fused-ring (bicyclic) bond motifs is 1. The lowest BCUT2D eigenvalue weighted by atomic mass is 9.97. The number of hydrogen-bond donors (Lipinski definition) is 2. The van der Waals surface area contributed by atoms with Gasteiger partial charge in [0.05, 0.1) is 6.61 Å². The van der Waals surface area contributed by atoms with Crippen LogP contribution in [0.2, 0.25) is 0 Å². The van der Waals surface area contributed by atoms with E-state index in [1.807, 2.05) is 18.8 Å². The average Bonchev–Trinajstić information content (AvgIpc) is 2.85. The van der Waals surface area contributed by atoms with Crippen molar-refractivity contribution in [3.05, 3.63) is 29.3 Å². The van der Waals surface area contributed by atoms with E-state index in [2.05, 4.69) is 37.4 Å². The van der Waals surface area contributed by atoms with Crippen LogP contribution in [0.15, 0.2) is 23.1 Å². The zero-order valence-electron chi connectivity index (χ0n) is 12.2. The first-order valence-electron chi connectivity index (χ1n) is 7.14. The van der Waals surface area contributed by atoms with Crippen LogP contribution in [0.25, 0.3) is 0 Å². The fraction of sp³-hybridized carbons (Fsp3) is 0.625. The van der Waals surface area contributed by atoms with Gasteiger partial charge in [0.1, 0.15) is 0 Å². The fourth-order valence-corrected chi connectivity index (χ4v) is 4.05. The van der Waals surface area contributed by atoms with Gasteiger partial charge >= 0.3 is 0 Å². The molecule has 19 heavy (non-hydrogen) atoms. The van der Waals surface area contributed by atoms with Gasteiger partial charge in [-0.25, -0.2) is 0 Å². The van der Waals surface area contributed by atoms with Crippen molar-refractivity contribution in [3.63, 3.8) is 0 Å². The third kappa shape index (κ3) is 3.74. The summed E-state index contributed by atoms with van der Waals surface area (Å²) in [5.74, 6) is 0. The van der Waals surface area contributed by atoms with Crippen molar-refractivity contribution in [2.45, 2.75) is 55.2 Å². The maximum Gasteiger partial charge on any atom is 0.0610 e. The van der Waals surface area contributed by atoms with Gasteiger partial charge < -0.3 is 10.4 Å². The Morgan fingerprint density at radius 3 is 2.79 bits per heavy atom. The summed E-state index contributed by atoms with van der Waals surface area (Å²) in [6, 6.07) is 6.90. The highest BCUT2D eigenvalue weighted by atomic mass is 32.2. The van der Waals surface area contributed by atoms with Gasteiger partial charge in [-0.05, 0) is 62.9 Å². The van der Waals surface area contributed by atoms with Crippen molar-refractivity contribution < 1.29 is 5.11 Å². The fourth-order valence-electron chi connectivity index (χ4n) is 2.78. The van der Waals surface area contributed by atoms with Crippen LogP contribution < -0.4 is 5.32 Å². The third-order valence-electron chi connectivity index (χ3n) is 4.10. The molecule has 106 valence electrons. The molecule has 1 aliphatic carbocycles. The lowest BCUT2D eigenvalue weighted by molar-refractivity contribution is 0.174. The number of aliphatic hydroxyl groups is 1. The molecule has 1 aromatic rings. The van der Waals surface area contributed by atoms with Gasteiger partial charge in [0, 0.05) is 15.7 Å². The lowest BCUT2D eigenvalue weighted by Gasteiger charge is -2.29. The van der Waals surface area contributed by atoms with Crippen molar-refractivity contribution in [3.8, 4) is 0 Å². The summed E-state index contributed by atoms with van der Waals surface area (Å²) in [7, 11) is 1.92. The third-order valence-corrected chi connectivity index (χ3v) is 5.19. The first-order valence-corrected chi connectivity index (χ1v) is 8.02. The molecule has 2 N–H and O–H groups in total. The van der Waals surface area contributed by atoms with Crippen LogP contribution in [0.3, 0.4) is 0 Å². The molecule has 2 unspecified atom stereocenters. The standard InChI is InChI=1S/C16H25NOS/c1-12(10-16(2,11-18)17-3)19-15-8-7-13-5-4-6-14(13)9-15/h7-9,12,17-18H,4-6,10-11H2,1-3H3. The van der Waals surface area contributed by atoms with E-state index in [1.165, 1.54) is 35.3 Å². The van der Waals surface area contributed by atoms with E-state index in [1.54, 1.807) is 0 Å². The second-order valence-electron chi connectivity index (χ2n) is 5.89. The summed E-state index contributed by atoms with van der Waals surface area (Å²) in [4.78, 5) is 1.37. The Bertz CT molecular complexity index is 429. The van der Waals surface area contributed by atoms with Crippen molar-refractivity contribution in [1.29, 1.82) is 0 Å². The topological polar surface area (TPSA) is 32.3 Å². The molecule has 0 aromatic heterocycles. The number of rotatable bonds is 6. The summed E-state index contributed by atoms with van der Waals surface area (Å²) in [5.41, 5.74) is 2.89. The van der Waals surface area contributed by atoms with E-state index in [9.17, 15) is 5.11 Å². The normalized spacial score (nSPS) is 18.9. The molecule has 2 rings (SSSR count). The van der Waals surface area contributed by atoms with E-state index in [4.69, 9.17) is 0 Å². The summed E-state index contributed by atoms with van der Waals surface area (Å²) < 4.78 is 0. The molecule has 3 heteroatoms. The molecule has 0 radical (unpaired) electrons. The molecule has 2 atom stereocenters. The van der Waals surface area contributed by atoms with Crippen LogP contribution in [-0.2, 0) is 12.8 Å². The summed E-state index contributed by atoms with van der Waals surface area (Å²) in [6.45, 7) is 4.49. The number of likely N-dealkylation sites (N-methyl/N-ethyl adjacent to an activating group) is 1. The molecule has 0 aliphatic heterocycles. The number of aryl methyl sites for hydroxylation is 2. The minimum atomic E-state index is -0.177. The van der Waals surface area contributed by atoms with E-state index in [-0.39, 0.29) is 12.1 Å². The average molecular weight is 279 g/mol. The molecule has 0 saturated heterocycles. The molecule has 0 amide bonds. The van der Waals surface area contributed by atoms with Crippen LogP contribution in [-0.4, -0.2) is 29.5 Å². The largest absolute Gasteiger partial charge is 0.394 e. The molecular weight excluding hydrogens is 254 g/mol. The van der Waals surface area contributed by atoms with E-state index in [0.717, 1.165) is 6.42 Å². The second-order valence-corrected chi connectivity index (χ2v) is 7.40. The van der Waals surface area contributed by atoms with E-state index >= 15 is 0 Å².